The number of ether oxygens (including phenoxy) is 1. The van der Waals surface area contributed by atoms with Crippen molar-refractivity contribution in [3.63, 3.8) is 0 Å². The lowest BCUT2D eigenvalue weighted by atomic mass is 9.61. The molecule has 4 rings (SSSR count). The van der Waals surface area contributed by atoms with Crippen molar-refractivity contribution in [2.45, 2.75) is 71.6 Å². The van der Waals surface area contributed by atoms with E-state index in [-0.39, 0.29) is 5.82 Å². The molecule has 0 spiro atoms. The summed E-state index contributed by atoms with van der Waals surface area (Å²) < 4.78 is 20.5. The summed E-state index contributed by atoms with van der Waals surface area (Å²) in [4.78, 5) is 0. The molecular formula is C25H35FO. The molecule has 0 aliphatic heterocycles. The van der Waals surface area contributed by atoms with Crippen LogP contribution in [0.25, 0.3) is 0 Å². The van der Waals surface area contributed by atoms with Crippen molar-refractivity contribution in [3.8, 4) is 5.75 Å². The fourth-order valence-electron chi connectivity index (χ4n) is 6.14. The number of hydrogen-bond acceptors (Lipinski definition) is 1. The number of rotatable bonds is 4. The van der Waals surface area contributed by atoms with E-state index in [2.05, 4.69) is 13.0 Å². The van der Waals surface area contributed by atoms with Crippen molar-refractivity contribution in [2.24, 2.45) is 29.6 Å². The summed E-state index contributed by atoms with van der Waals surface area (Å²) in [7, 11) is 0. The highest BCUT2D eigenvalue weighted by molar-refractivity contribution is 5.39. The zero-order valence-corrected chi connectivity index (χ0v) is 17.1. The lowest BCUT2D eigenvalue weighted by molar-refractivity contribution is 0.0754. The van der Waals surface area contributed by atoms with Gasteiger partial charge < -0.3 is 4.74 Å². The SMILES string of the molecule is C/C=C/COc1cc(F)c2c(c1)CCC(C1CCC3CC(C)CCC3C1)C2. The van der Waals surface area contributed by atoms with Crippen LogP contribution in [0.1, 0.15) is 69.9 Å². The second-order valence-electron chi connectivity index (χ2n) is 9.44. The second-order valence-corrected chi connectivity index (χ2v) is 9.44. The van der Waals surface area contributed by atoms with Crippen LogP contribution in [0.3, 0.4) is 0 Å². The molecule has 2 fully saturated rings. The largest absolute Gasteiger partial charge is 0.489 e. The molecular weight excluding hydrogens is 335 g/mol. The van der Waals surface area contributed by atoms with Gasteiger partial charge in [0.15, 0.2) is 0 Å². The van der Waals surface area contributed by atoms with Crippen LogP contribution in [0, 0.1) is 35.4 Å². The van der Waals surface area contributed by atoms with E-state index in [9.17, 15) is 4.39 Å². The lowest BCUT2D eigenvalue weighted by Crippen LogP contribution is -2.34. The molecule has 0 aromatic heterocycles. The zero-order chi connectivity index (χ0) is 18.8. The van der Waals surface area contributed by atoms with Crippen molar-refractivity contribution >= 4 is 0 Å². The van der Waals surface area contributed by atoms with E-state index < -0.39 is 0 Å². The van der Waals surface area contributed by atoms with Crippen LogP contribution >= 0.6 is 0 Å². The van der Waals surface area contributed by atoms with Crippen LogP contribution in [0.15, 0.2) is 24.3 Å². The van der Waals surface area contributed by atoms with Gasteiger partial charge in [-0.05, 0) is 105 Å². The first kappa shape index (κ1) is 19.0. The molecule has 0 heterocycles. The Balaban J connectivity index is 1.41. The van der Waals surface area contributed by atoms with Gasteiger partial charge in [0, 0.05) is 6.07 Å². The first-order valence-electron chi connectivity index (χ1n) is 11.2. The highest BCUT2D eigenvalue weighted by atomic mass is 19.1. The molecule has 0 N–H and O–H groups in total. The Labute approximate surface area is 164 Å². The molecule has 0 radical (unpaired) electrons. The Hall–Kier alpha value is -1.31. The van der Waals surface area contributed by atoms with Crippen LogP contribution in [0.2, 0.25) is 0 Å². The molecule has 3 aliphatic carbocycles. The number of benzene rings is 1. The molecule has 1 nitrogen and oxygen atoms in total. The molecule has 2 saturated carbocycles. The number of allylic oxidation sites excluding steroid dienone is 1. The van der Waals surface area contributed by atoms with Crippen molar-refractivity contribution in [1.29, 1.82) is 0 Å². The number of halogens is 1. The van der Waals surface area contributed by atoms with E-state index in [4.69, 9.17) is 4.74 Å². The normalized spacial score (nSPS) is 33.5. The molecule has 1 aromatic rings. The number of hydrogen-bond donors (Lipinski definition) is 0. The van der Waals surface area contributed by atoms with Crippen LogP contribution in [0.4, 0.5) is 4.39 Å². The predicted octanol–water partition coefficient (Wildman–Crippen LogP) is 6.74. The maximum Gasteiger partial charge on any atom is 0.130 e. The van der Waals surface area contributed by atoms with Crippen LogP contribution in [-0.4, -0.2) is 6.61 Å². The minimum atomic E-state index is -0.0483. The fourth-order valence-corrected chi connectivity index (χ4v) is 6.14. The Morgan fingerprint density at radius 1 is 1.00 bits per heavy atom. The zero-order valence-electron chi connectivity index (χ0n) is 17.1. The van der Waals surface area contributed by atoms with Gasteiger partial charge >= 0.3 is 0 Å². The van der Waals surface area contributed by atoms with Crippen molar-refractivity contribution in [1.82, 2.24) is 0 Å². The minimum Gasteiger partial charge on any atom is -0.489 e. The van der Waals surface area contributed by atoms with Gasteiger partial charge in [0.25, 0.3) is 0 Å². The smallest absolute Gasteiger partial charge is 0.130 e. The van der Waals surface area contributed by atoms with Gasteiger partial charge in [0.2, 0.25) is 0 Å². The van der Waals surface area contributed by atoms with Crippen LogP contribution < -0.4 is 4.74 Å². The molecule has 5 atom stereocenters. The molecule has 0 bridgehead atoms. The maximum absolute atomic E-state index is 14.8. The Morgan fingerprint density at radius 3 is 2.56 bits per heavy atom. The highest BCUT2D eigenvalue weighted by Crippen LogP contribution is 2.48. The van der Waals surface area contributed by atoms with Gasteiger partial charge in [-0.1, -0.05) is 25.5 Å². The van der Waals surface area contributed by atoms with Gasteiger partial charge in [0.1, 0.15) is 18.2 Å². The fraction of sp³-hybridized carbons (Fsp3) is 0.680. The lowest BCUT2D eigenvalue weighted by Gasteiger charge is -2.44. The molecule has 0 saturated heterocycles. The van der Waals surface area contributed by atoms with E-state index in [0.717, 1.165) is 42.1 Å². The van der Waals surface area contributed by atoms with E-state index in [1.807, 2.05) is 19.1 Å². The third kappa shape index (κ3) is 4.25. The molecule has 2 heteroatoms. The summed E-state index contributed by atoms with van der Waals surface area (Å²) in [6.45, 7) is 4.92. The highest BCUT2D eigenvalue weighted by Gasteiger charge is 2.38. The van der Waals surface area contributed by atoms with Gasteiger partial charge in [-0.25, -0.2) is 4.39 Å². The first-order valence-corrected chi connectivity index (χ1v) is 11.2. The van der Waals surface area contributed by atoms with Gasteiger partial charge in [-0.15, -0.1) is 0 Å². The summed E-state index contributed by atoms with van der Waals surface area (Å²) in [5.74, 6) is 5.00. The summed E-state index contributed by atoms with van der Waals surface area (Å²) >= 11 is 0. The van der Waals surface area contributed by atoms with Gasteiger partial charge in [-0.2, -0.15) is 0 Å². The van der Waals surface area contributed by atoms with E-state index in [1.165, 1.54) is 50.5 Å². The standard InChI is InChI=1S/C25H35FO/c1-3-4-11-27-23-14-22-10-9-21(15-24(22)25(26)16-23)20-8-7-18-12-17(2)5-6-19(18)13-20/h3-4,14,16-21H,5-13,15H2,1-2H3/b4-3+. The summed E-state index contributed by atoms with van der Waals surface area (Å²) in [5.41, 5.74) is 2.16. The van der Waals surface area contributed by atoms with Crippen molar-refractivity contribution in [3.05, 3.63) is 41.2 Å². The third-order valence-electron chi connectivity index (χ3n) is 7.68. The van der Waals surface area contributed by atoms with E-state index >= 15 is 0 Å². The molecule has 3 aliphatic rings. The first-order chi connectivity index (χ1) is 13.1. The molecule has 0 amide bonds. The second kappa shape index (κ2) is 8.37. The van der Waals surface area contributed by atoms with Gasteiger partial charge in [0.05, 0.1) is 0 Å². The van der Waals surface area contributed by atoms with Gasteiger partial charge in [-0.3, -0.25) is 0 Å². The summed E-state index contributed by atoms with van der Waals surface area (Å²) in [5, 5.41) is 0. The third-order valence-corrected chi connectivity index (χ3v) is 7.68. The topological polar surface area (TPSA) is 9.23 Å². The Bertz CT molecular complexity index is 679. The van der Waals surface area contributed by atoms with E-state index in [0.29, 0.717) is 18.3 Å². The predicted molar refractivity (Wildman–Crippen MR) is 110 cm³/mol. The monoisotopic (exact) mass is 370 g/mol. The maximum atomic E-state index is 14.8. The molecule has 148 valence electrons. The molecule has 5 unspecified atom stereocenters. The van der Waals surface area contributed by atoms with Crippen LogP contribution in [0.5, 0.6) is 5.75 Å². The van der Waals surface area contributed by atoms with E-state index in [1.54, 1.807) is 6.07 Å². The Kier molecular flexibility index (Phi) is 5.90. The number of fused-ring (bicyclic) bond motifs is 2. The average molecular weight is 371 g/mol. The average Bonchev–Trinajstić information content (AvgIpc) is 2.67. The molecule has 1 aromatic carbocycles. The van der Waals surface area contributed by atoms with Crippen LogP contribution in [-0.2, 0) is 12.8 Å². The summed E-state index contributed by atoms with van der Waals surface area (Å²) in [6, 6.07) is 3.68. The minimum absolute atomic E-state index is 0.0483. The summed E-state index contributed by atoms with van der Waals surface area (Å²) in [6.07, 6.45) is 15.6. The Morgan fingerprint density at radius 2 is 1.74 bits per heavy atom. The van der Waals surface area contributed by atoms with Crippen molar-refractivity contribution in [2.75, 3.05) is 6.61 Å². The quantitative estimate of drug-likeness (QED) is 0.533. The molecule has 27 heavy (non-hydrogen) atoms. The number of aryl methyl sites for hydroxylation is 1. The van der Waals surface area contributed by atoms with Crippen molar-refractivity contribution < 1.29 is 9.13 Å².